The Morgan fingerprint density at radius 3 is 2.53 bits per heavy atom. The molecule has 2 atom stereocenters. The molecule has 1 aliphatic rings. The third-order valence-corrected chi connectivity index (χ3v) is 5.29. The highest BCUT2D eigenvalue weighted by molar-refractivity contribution is 6.20. The molecule has 1 aliphatic heterocycles. The highest BCUT2D eigenvalue weighted by Crippen LogP contribution is 2.28. The average molecular weight is 433 g/mol. The van der Waals surface area contributed by atoms with Crippen molar-refractivity contribution in [1.82, 2.24) is 5.32 Å². The fourth-order valence-corrected chi connectivity index (χ4v) is 3.74. The number of carbonyl (C=O) groups excluding carboxylic acids is 3. The Morgan fingerprint density at radius 1 is 1.19 bits per heavy atom. The van der Waals surface area contributed by atoms with Crippen LogP contribution in [0.15, 0.2) is 72.2 Å². The summed E-state index contributed by atoms with van der Waals surface area (Å²) in [5.41, 5.74) is 8.43. The van der Waals surface area contributed by atoms with Crippen LogP contribution in [0, 0.1) is 5.92 Å². The number of para-hydroxylation sites is 1. The van der Waals surface area contributed by atoms with Crippen LogP contribution in [0.2, 0.25) is 0 Å². The molecule has 0 aliphatic carbocycles. The van der Waals surface area contributed by atoms with Gasteiger partial charge in [-0.05, 0) is 18.9 Å². The Morgan fingerprint density at radius 2 is 1.88 bits per heavy atom. The second-order valence-corrected chi connectivity index (χ2v) is 7.65. The second-order valence-electron chi connectivity index (χ2n) is 7.65. The standard InChI is InChI=1S/C25H28N4O3/c1-3-10-18(23(26)31)16-21(30)27-24-25(32)29(15-4-2)20-14-9-8-13-19(20)22(28-24)17-11-6-5-7-12-17/h3,5-9,11-14,18,24H,1,4,10,15-16H2,2H3,(H2,26,31)(H,27,30)/t18-,24-/m0/s1. The van der Waals surface area contributed by atoms with Crippen molar-refractivity contribution in [2.45, 2.75) is 32.4 Å². The minimum absolute atomic E-state index is 0.137. The lowest BCUT2D eigenvalue weighted by atomic mass is 10.00. The van der Waals surface area contributed by atoms with E-state index in [9.17, 15) is 14.4 Å². The molecule has 1 heterocycles. The summed E-state index contributed by atoms with van der Waals surface area (Å²) in [5.74, 6) is -2.05. The summed E-state index contributed by atoms with van der Waals surface area (Å²) < 4.78 is 0. The fourth-order valence-electron chi connectivity index (χ4n) is 3.74. The van der Waals surface area contributed by atoms with Crippen molar-refractivity contribution in [2.75, 3.05) is 11.4 Å². The van der Waals surface area contributed by atoms with E-state index in [0.29, 0.717) is 12.3 Å². The molecule has 2 aromatic carbocycles. The van der Waals surface area contributed by atoms with Crippen molar-refractivity contribution in [1.29, 1.82) is 0 Å². The Hall–Kier alpha value is -3.74. The van der Waals surface area contributed by atoms with Crippen LogP contribution in [0.3, 0.4) is 0 Å². The van der Waals surface area contributed by atoms with E-state index in [2.05, 4.69) is 11.9 Å². The second kappa shape index (κ2) is 10.5. The van der Waals surface area contributed by atoms with Gasteiger partial charge in [-0.2, -0.15) is 0 Å². The van der Waals surface area contributed by atoms with Crippen LogP contribution in [-0.4, -0.2) is 36.1 Å². The van der Waals surface area contributed by atoms with Gasteiger partial charge in [0.15, 0.2) is 0 Å². The van der Waals surface area contributed by atoms with E-state index in [-0.39, 0.29) is 18.7 Å². The highest BCUT2D eigenvalue weighted by Gasteiger charge is 2.33. The van der Waals surface area contributed by atoms with Crippen LogP contribution in [0.4, 0.5) is 5.69 Å². The molecule has 3 amide bonds. The molecular formula is C25H28N4O3. The lowest BCUT2D eigenvalue weighted by Crippen LogP contribution is -2.48. The number of aliphatic imine (C=N–C) groups is 1. The first-order chi connectivity index (χ1) is 15.5. The van der Waals surface area contributed by atoms with Crippen LogP contribution in [-0.2, 0) is 14.4 Å². The SMILES string of the molecule is C=CC[C@@H](CC(=O)N[C@H]1N=C(c2ccccc2)c2ccccc2N(CCC)C1=O)C(N)=O. The normalized spacial score (nSPS) is 16.4. The smallest absolute Gasteiger partial charge is 0.272 e. The van der Waals surface area contributed by atoms with Gasteiger partial charge in [-0.25, -0.2) is 4.99 Å². The molecule has 7 heteroatoms. The van der Waals surface area contributed by atoms with Gasteiger partial charge in [0.1, 0.15) is 0 Å². The van der Waals surface area contributed by atoms with Gasteiger partial charge >= 0.3 is 0 Å². The zero-order chi connectivity index (χ0) is 23.1. The van der Waals surface area contributed by atoms with Gasteiger partial charge < -0.3 is 16.0 Å². The minimum Gasteiger partial charge on any atom is -0.369 e. The van der Waals surface area contributed by atoms with Crippen molar-refractivity contribution in [2.24, 2.45) is 16.6 Å². The van der Waals surface area contributed by atoms with Crippen LogP contribution in [0.5, 0.6) is 0 Å². The summed E-state index contributed by atoms with van der Waals surface area (Å²) in [6, 6.07) is 17.1. The van der Waals surface area contributed by atoms with Gasteiger partial charge in [0.05, 0.1) is 11.4 Å². The zero-order valence-corrected chi connectivity index (χ0v) is 18.2. The van der Waals surface area contributed by atoms with E-state index in [1.807, 2.05) is 61.5 Å². The first-order valence-electron chi connectivity index (χ1n) is 10.7. The van der Waals surface area contributed by atoms with Gasteiger partial charge in [-0.1, -0.05) is 61.5 Å². The number of nitrogens with zero attached hydrogens (tertiary/aromatic N) is 2. The number of rotatable bonds is 9. The van der Waals surface area contributed by atoms with Crippen molar-refractivity contribution in [3.8, 4) is 0 Å². The topological polar surface area (TPSA) is 105 Å². The summed E-state index contributed by atoms with van der Waals surface area (Å²) >= 11 is 0. The number of primary amides is 1. The predicted octanol–water partition coefficient (Wildman–Crippen LogP) is 2.79. The largest absolute Gasteiger partial charge is 0.369 e. The number of allylic oxidation sites excluding steroid dienone is 1. The summed E-state index contributed by atoms with van der Waals surface area (Å²) in [6.45, 7) is 6.08. The fraction of sp³-hybridized carbons (Fsp3) is 0.280. The van der Waals surface area contributed by atoms with Gasteiger partial charge in [-0.3, -0.25) is 14.4 Å². The summed E-state index contributed by atoms with van der Waals surface area (Å²) in [6.07, 6.45) is 1.32. The summed E-state index contributed by atoms with van der Waals surface area (Å²) in [7, 11) is 0. The molecule has 7 nitrogen and oxygen atoms in total. The van der Waals surface area contributed by atoms with Crippen molar-refractivity contribution in [3.05, 3.63) is 78.4 Å². The van der Waals surface area contributed by atoms with Crippen molar-refractivity contribution in [3.63, 3.8) is 0 Å². The lowest BCUT2D eigenvalue weighted by Gasteiger charge is -2.25. The van der Waals surface area contributed by atoms with Gasteiger partial charge in [0.25, 0.3) is 5.91 Å². The number of nitrogens with two attached hydrogens (primary N) is 1. The Labute approximate surface area is 188 Å². The van der Waals surface area contributed by atoms with E-state index in [4.69, 9.17) is 10.7 Å². The first kappa shape index (κ1) is 22.9. The molecule has 2 aromatic rings. The van der Waals surface area contributed by atoms with Crippen molar-refractivity contribution >= 4 is 29.1 Å². The molecule has 0 bridgehead atoms. The predicted molar refractivity (Wildman–Crippen MR) is 125 cm³/mol. The highest BCUT2D eigenvalue weighted by atomic mass is 16.2. The number of amides is 3. The zero-order valence-electron chi connectivity index (χ0n) is 18.2. The number of hydrogen-bond acceptors (Lipinski definition) is 4. The molecule has 0 unspecified atom stereocenters. The molecule has 0 aromatic heterocycles. The molecule has 0 saturated heterocycles. The molecule has 0 radical (unpaired) electrons. The quantitative estimate of drug-likeness (QED) is 0.595. The number of carbonyl (C=O) groups is 3. The molecule has 3 rings (SSSR count). The lowest BCUT2D eigenvalue weighted by molar-refractivity contribution is -0.130. The number of anilines is 1. The molecule has 0 saturated carbocycles. The van der Waals surface area contributed by atoms with Crippen LogP contribution in [0.1, 0.15) is 37.3 Å². The Balaban J connectivity index is 2.01. The molecular weight excluding hydrogens is 404 g/mol. The Bertz CT molecular complexity index is 1030. The van der Waals surface area contributed by atoms with E-state index in [1.165, 1.54) is 0 Å². The Kier molecular flexibility index (Phi) is 7.54. The molecule has 3 N–H and O–H groups in total. The number of benzodiazepines with no additional fused rings is 1. The van der Waals surface area contributed by atoms with Gasteiger partial charge in [0.2, 0.25) is 18.0 Å². The number of nitrogens with one attached hydrogen (secondary N) is 1. The summed E-state index contributed by atoms with van der Waals surface area (Å²) in [4.78, 5) is 44.2. The maximum absolute atomic E-state index is 13.5. The first-order valence-corrected chi connectivity index (χ1v) is 10.7. The van der Waals surface area contributed by atoms with E-state index < -0.39 is 23.9 Å². The molecule has 0 spiro atoms. The van der Waals surface area contributed by atoms with Crippen LogP contribution in [0.25, 0.3) is 0 Å². The maximum Gasteiger partial charge on any atom is 0.272 e. The third kappa shape index (κ3) is 5.11. The average Bonchev–Trinajstić information content (AvgIpc) is 2.90. The van der Waals surface area contributed by atoms with Crippen LogP contribution >= 0.6 is 0 Å². The van der Waals surface area contributed by atoms with Crippen LogP contribution < -0.4 is 16.0 Å². The summed E-state index contributed by atoms with van der Waals surface area (Å²) in [5, 5.41) is 2.72. The maximum atomic E-state index is 13.5. The number of benzene rings is 2. The number of hydrogen-bond donors (Lipinski definition) is 2. The molecule has 32 heavy (non-hydrogen) atoms. The van der Waals surface area contributed by atoms with E-state index in [0.717, 1.165) is 23.2 Å². The van der Waals surface area contributed by atoms with E-state index in [1.54, 1.807) is 11.0 Å². The van der Waals surface area contributed by atoms with E-state index >= 15 is 0 Å². The molecule has 0 fully saturated rings. The van der Waals surface area contributed by atoms with Gasteiger partial charge in [0, 0.05) is 30.0 Å². The van der Waals surface area contributed by atoms with Crippen molar-refractivity contribution < 1.29 is 14.4 Å². The third-order valence-electron chi connectivity index (χ3n) is 5.29. The monoisotopic (exact) mass is 432 g/mol. The number of fused-ring (bicyclic) bond motifs is 1. The minimum atomic E-state index is -1.12. The molecule has 166 valence electrons. The van der Waals surface area contributed by atoms with Gasteiger partial charge in [-0.15, -0.1) is 6.58 Å².